The summed E-state index contributed by atoms with van der Waals surface area (Å²) in [5, 5.41) is 15.3. The summed E-state index contributed by atoms with van der Waals surface area (Å²) < 4.78 is 13.0. The average molecular weight is 295 g/mol. The molecule has 104 valence electrons. The van der Waals surface area contributed by atoms with Crippen molar-refractivity contribution in [3.05, 3.63) is 56.0 Å². The highest BCUT2D eigenvalue weighted by Crippen LogP contribution is 2.26. The third-order valence-electron chi connectivity index (χ3n) is 2.55. The van der Waals surface area contributed by atoms with Crippen LogP contribution in [0.2, 0.25) is 0 Å². The van der Waals surface area contributed by atoms with Gasteiger partial charge in [0.25, 0.3) is 5.69 Å². The van der Waals surface area contributed by atoms with E-state index in [2.05, 4.69) is 5.32 Å². The van der Waals surface area contributed by atoms with Gasteiger partial charge in [0, 0.05) is 16.8 Å². The molecule has 0 saturated heterocycles. The lowest BCUT2D eigenvalue weighted by molar-refractivity contribution is -0.384. The summed E-state index contributed by atoms with van der Waals surface area (Å²) in [4.78, 5) is 21.9. The van der Waals surface area contributed by atoms with E-state index in [4.69, 9.17) is 5.73 Å². The number of nitro groups is 1. The van der Waals surface area contributed by atoms with Gasteiger partial charge in [-0.3, -0.25) is 14.9 Å². The van der Waals surface area contributed by atoms with Crippen molar-refractivity contribution in [2.24, 2.45) is 5.73 Å². The minimum Gasteiger partial charge on any atom is -0.375 e. The number of thiophene rings is 1. The number of hydrogen-bond acceptors (Lipinski definition) is 5. The van der Waals surface area contributed by atoms with E-state index >= 15 is 0 Å². The maximum absolute atomic E-state index is 13.0. The second kappa shape index (κ2) is 5.66. The first-order valence-corrected chi connectivity index (χ1v) is 6.40. The molecule has 0 aliphatic carbocycles. The van der Waals surface area contributed by atoms with Crippen molar-refractivity contribution in [3.63, 3.8) is 0 Å². The van der Waals surface area contributed by atoms with Gasteiger partial charge in [0.05, 0.1) is 16.6 Å². The largest absolute Gasteiger partial charge is 0.375 e. The van der Waals surface area contributed by atoms with Crippen LogP contribution < -0.4 is 11.1 Å². The Morgan fingerprint density at radius 3 is 2.80 bits per heavy atom. The molecule has 6 nitrogen and oxygen atoms in total. The lowest BCUT2D eigenvalue weighted by atomic mass is 10.2. The van der Waals surface area contributed by atoms with E-state index in [0.29, 0.717) is 5.56 Å². The molecule has 1 heterocycles. The van der Waals surface area contributed by atoms with Gasteiger partial charge in [-0.15, -0.1) is 11.3 Å². The van der Waals surface area contributed by atoms with Crippen LogP contribution in [0.15, 0.2) is 29.6 Å². The molecule has 20 heavy (non-hydrogen) atoms. The number of carbonyl (C=O) groups is 1. The van der Waals surface area contributed by atoms with Crippen LogP contribution in [0.1, 0.15) is 15.2 Å². The number of nitrogens with two attached hydrogens (primary N) is 1. The summed E-state index contributed by atoms with van der Waals surface area (Å²) in [7, 11) is 0. The zero-order valence-corrected chi connectivity index (χ0v) is 10.9. The first-order valence-electron chi connectivity index (χ1n) is 5.52. The number of amides is 1. The molecule has 1 aromatic carbocycles. The molecule has 1 amide bonds. The number of rotatable bonds is 5. The predicted molar refractivity (Wildman–Crippen MR) is 73.2 cm³/mol. The zero-order valence-electron chi connectivity index (χ0n) is 10.1. The molecule has 2 rings (SSSR count). The fourth-order valence-electron chi connectivity index (χ4n) is 1.59. The van der Waals surface area contributed by atoms with E-state index in [1.807, 2.05) is 0 Å². The summed E-state index contributed by atoms with van der Waals surface area (Å²) in [6.45, 7) is 0.282. The second-order valence-corrected chi connectivity index (χ2v) is 4.93. The van der Waals surface area contributed by atoms with Crippen molar-refractivity contribution in [1.82, 2.24) is 0 Å². The Hall–Kier alpha value is -2.48. The van der Waals surface area contributed by atoms with Crippen LogP contribution in [0.25, 0.3) is 0 Å². The van der Waals surface area contributed by atoms with Gasteiger partial charge in [-0.1, -0.05) is 0 Å². The third-order valence-corrected chi connectivity index (χ3v) is 3.48. The quantitative estimate of drug-likeness (QED) is 0.654. The monoisotopic (exact) mass is 295 g/mol. The molecule has 0 bridgehead atoms. The number of nitrogens with zero attached hydrogens (tertiary/aromatic N) is 1. The fraction of sp³-hybridized carbons (Fsp3) is 0.0833. The SMILES string of the molecule is NC(=O)c1csc(CNc2ccc(F)cc2[N+](=O)[O-])c1. The van der Waals surface area contributed by atoms with E-state index in [-0.39, 0.29) is 17.9 Å². The lowest BCUT2D eigenvalue weighted by Crippen LogP contribution is -2.09. The molecular weight excluding hydrogens is 285 g/mol. The van der Waals surface area contributed by atoms with E-state index < -0.39 is 16.6 Å². The van der Waals surface area contributed by atoms with Crippen LogP contribution in [0.5, 0.6) is 0 Å². The molecule has 0 unspecified atom stereocenters. The molecule has 0 aliphatic rings. The Balaban J connectivity index is 2.14. The Labute approximate surface area is 117 Å². The maximum Gasteiger partial charge on any atom is 0.295 e. The topological polar surface area (TPSA) is 98.3 Å². The van der Waals surface area contributed by atoms with Gasteiger partial charge in [0.15, 0.2) is 0 Å². The van der Waals surface area contributed by atoms with Gasteiger partial charge in [-0.2, -0.15) is 0 Å². The van der Waals surface area contributed by atoms with E-state index in [0.717, 1.165) is 17.0 Å². The molecule has 1 aromatic heterocycles. The predicted octanol–water partition coefficient (Wildman–Crippen LogP) is 2.51. The van der Waals surface area contributed by atoms with Crippen LogP contribution in [0.4, 0.5) is 15.8 Å². The van der Waals surface area contributed by atoms with Crippen LogP contribution in [-0.2, 0) is 6.54 Å². The molecule has 8 heteroatoms. The molecule has 2 aromatic rings. The number of nitrogens with one attached hydrogen (secondary N) is 1. The van der Waals surface area contributed by atoms with Crippen LogP contribution in [0.3, 0.4) is 0 Å². The zero-order chi connectivity index (χ0) is 14.7. The van der Waals surface area contributed by atoms with Gasteiger partial charge in [-0.05, 0) is 18.2 Å². The Morgan fingerprint density at radius 1 is 1.45 bits per heavy atom. The number of anilines is 1. The van der Waals surface area contributed by atoms with Gasteiger partial charge in [0.2, 0.25) is 5.91 Å². The molecular formula is C12H10FN3O3S. The lowest BCUT2D eigenvalue weighted by Gasteiger charge is -2.05. The molecule has 0 atom stereocenters. The minimum atomic E-state index is -0.672. The molecule has 0 radical (unpaired) electrons. The number of benzene rings is 1. The van der Waals surface area contributed by atoms with Crippen molar-refractivity contribution < 1.29 is 14.1 Å². The summed E-state index contributed by atoms with van der Waals surface area (Å²) in [6.07, 6.45) is 0. The minimum absolute atomic E-state index is 0.213. The highest BCUT2D eigenvalue weighted by atomic mass is 32.1. The van der Waals surface area contributed by atoms with Crippen LogP contribution in [-0.4, -0.2) is 10.8 Å². The summed E-state index contributed by atoms with van der Waals surface area (Å²) in [6, 6.07) is 4.90. The molecule has 3 N–H and O–H groups in total. The van der Waals surface area contributed by atoms with E-state index in [1.54, 1.807) is 11.4 Å². The summed E-state index contributed by atoms with van der Waals surface area (Å²) >= 11 is 1.31. The van der Waals surface area contributed by atoms with E-state index in [9.17, 15) is 19.3 Å². The number of carbonyl (C=O) groups excluding carboxylic acids is 1. The molecule has 0 fully saturated rings. The molecule has 0 aliphatic heterocycles. The summed E-state index contributed by atoms with van der Waals surface area (Å²) in [5.41, 5.74) is 5.40. The van der Waals surface area contributed by atoms with Gasteiger partial charge in [0.1, 0.15) is 11.5 Å². The maximum atomic E-state index is 13.0. The highest BCUT2D eigenvalue weighted by Gasteiger charge is 2.15. The fourth-order valence-corrected chi connectivity index (χ4v) is 2.40. The highest BCUT2D eigenvalue weighted by molar-refractivity contribution is 7.10. The van der Waals surface area contributed by atoms with Gasteiger partial charge >= 0.3 is 0 Å². The van der Waals surface area contributed by atoms with Gasteiger partial charge in [-0.25, -0.2) is 4.39 Å². The standard InChI is InChI=1S/C12H10FN3O3S/c13-8-1-2-10(11(4-8)16(18)19)15-5-9-3-7(6-20-9)12(14)17/h1-4,6,15H,5H2,(H2,14,17). The summed E-state index contributed by atoms with van der Waals surface area (Å²) in [5.74, 6) is -1.20. The second-order valence-electron chi connectivity index (χ2n) is 3.94. The molecule has 0 saturated carbocycles. The van der Waals surface area contributed by atoms with Crippen LogP contribution in [0, 0.1) is 15.9 Å². The Morgan fingerprint density at radius 2 is 2.20 bits per heavy atom. The number of halogens is 1. The van der Waals surface area contributed by atoms with Crippen LogP contribution >= 0.6 is 11.3 Å². The number of primary amides is 1. The first-order chi connectivity index (χ1) is 9.47. The van der Waals surface area contributed by atoms with Crippen molar-refractivity contribution in [1.29, 1.82) is 0 Å². The number of hydrogen-bond donors (Lipinski definition) is 2. The molecule has 0 spiro atoms. The average Bonchev–Trinajstić information content (AvgIpc) is 2.86. The first kappa shape index (κ1) is 13.9. The van der Waals surface area contributed by atoms with Crippen molar-refractivity contribution >= 4 is 28.6 Å². The smallest absolute Gasteiger partial charge is 0.295 e. The van der Waals surface area contributed by atoms with Gasteiger partial charge < -0.3 is 11.1 Å². The third kappa shape index (κ3) is 3.09. The van der Waals surface area contributed by atoms with E-state index in [1.165, 1.54) is 17.4 Å². The Kier molecular flexibility index (Phi) is 3.94. The number of nitro benzene ring substituents is 1. The normalized spacial score (nSPS) is 10.2. The van der Waals surface area contributed by atoms with Crippen molar-refractivity contribution in [3.8, 4) is 0 Å². The van der Waals surface area contributed by atoms with Crippen molar-refractivity contribution in [2.45, 2.75) is 6.54 Å². The Bertz CT molecular complexity index is 672. The van der Waals surface area contributed by atoms with Crippen molar-refractivity contribution in [2.75, 3.05) is 5.32 Å².